The number of nitro benzene ring substituents is 3. The van der Waals surface area contributed by atoms with Crippen LogP contribution in [0.4, 0.5) is 17.1 Å². The fourth-order valence-electron chi connectivity index (χ4n) is 2.87. The smallest absolute Gasteiger partial charge is 0.324 e. The molecule has 1 aromatic carbocycles. The summed E-state index contributed by atoms with van der Waals surface area (Å²) in [5.74, 6) is -0.817. The van der Waals surface area contributed by atoms with Gasteiger partial charge in [0.05, 0.1) is 26.9 Å². The molecule has 1 heterocycles. The van der Waals surface area contributed by atoms with Crippen LogP contribution in [0.1, 0.15) is 31.7 Å². The molecule has 152 valence electrons. The van der Waals surface area contributed by atoms with Crippen molar-refractivity contribution in [1.82, 2.24) is 0 Å². The maximum Gasteiger partial charge on any atom is 0.324 e. The first kappa shape index (κ1) is 21.3. The first-order chi connectivity index (χ1) is 13.7. The van der Waals surface area contributed by atoms with E-state index in [0.717, 1.165) is 19.3 Å². The zero-order valence-electron chi connectivity index (χ0n) is 15.0. The number of hydrogen-bond acceptors (Lipinski definition) is 8. The van der Waals surface area contributed by atoms with Gasteiger partial charge in [-0.25, -0.2) is 0 Å². The maximum atomic E-state index is 11.6. The number of phenols is 1. The van der Waals surface area contributed by atoms with Crippen LogP contribution in [0.15, 0.2) is 42.7 Å². The quantitative estimate of drug-likeness (QED) is 0.459. The van der Waals surface area contributed by atoms with Crippen LogP contribution in [0, 0.1) is 30.3 Å². The van der Waals surface area contributed by atoms with Gasteiger partial charge in [-0.1, -0.05) is 6.07 Å². The Hall–Kier alpha value is -3.96. The molecular weight excluding hydrogens is 388 g/mol. The number of aromatic hydroxyl groups is 1. The molecule has 12 heteroatoms. The van der Waals surface area contributed by atoms with Gasteiger partial charge in [-0.2, -0.15) is 4.57 Å². The van der Waals surface area contributed by atoms with Gasteiger partial charge in [0.15, 0.2) is 12.4 Å². The number of nitro groups is 3. The third-order valence-electron chi connectivity index (χ3n) is 4.28. The molecule has 1 fully saturated rings. The monoisotopic (exact) mass is 405 g/mol. The molecule has 1 aliphatic rings. The van der Waals surface area contributed by atoms with E-state index >= 15 is 0 Å². The van der Waals surface area contributed by atoms with E-state index in [2.05, 4.69) is 0 Å². The van der Waals surface area contributed by atoms with Gasteiger partial charge >= 0.3 is 11.4 Å². The number of non-ortho nitro benzene ring substituents is 1. The number of nitrogens with zero attached hydrogens (tertiary/aromatic N) is 4. The van der Waals surface area contributed by atoms with Gasteiger partial charge in [0.25, 0.3) is 11.4 Å². The molecule has 29 heavy (non-hydrogen) atoms. The second kappa shape index (κ2) is 9.30. The Morgan fingerprint density at radius 2 is 1.45 bits per heavy atom. The molecular formula is C17H17N4O8+. The Balaban J connectivity index is 0.000000211. The van der Waals surface area contributed by atoms with Crippen molar-refractivity contribution in [2.75, 3.05) is 0 Å². The van der Waals surface area contributed by atoms with Crippen molar-refractivity contribution < 1.29 is 29.2 Å². The van der Waals surface area contributed by atoms with Crippen LogP contribution in [0.5, 0.6) is 5.75 Å². The minimum absolute atomic E-state index is 0.106. The van der Waals surface area contributed by atoms with Crippen LogP contribution in [0.25, 0.3) is 0 Å². The Kier molecular flexibility index (Phi) is 6.85. The van der Waals surface area contributed by atoms with E-state index in [-0.39, 0.29) is 6.04 Å². The third kappa shape index (κ3) is 5.28. The third-order valence-corrected chi connectivity index (χ3v) is 4.28. The van der Waals surface area contributed by atoms with Crippen molar-refractivity contribution in [3.63, 3.8) is 0 Å². The van der Waals surface area contributed by atoms with Crippen molar-refractivity contribution in [2.24, 2.45) is 0 Å². The van der Waals surface area contributed by atoms with E-state index in [1.54, 1.807) is 0 Å². The highest BCUT2D eigenvalue weighted by Crippen LogP contribution is 2.38. The Bertz CT molecular complexity index is 913. The molecule has 3 rings (SSSR count). The Morgan fingerprint density at radius 3 is 1.90 bits per heavy atom. The fraction of sp³-hybridized carbons (Fsp3) is 0.294. The summed E-state index contributed by atoms with van der Waals surface area (Å²) in [7, 11) is 0. The normalized spacial score (nSPS) is 15.7. The van der Waals surface area contributed by atoms with Gasteiger partial charge in [-0.3, -0.25) is 35.1 Å². The van der Waals surface area contributed by atoms with Crippen LogP contribution >= 0.6 is 0 Å². The van der Waals surface area contributed by atoms with Crippen molar-refractivity contribution in [3.05, 3.63) is 73.1 Å². The summed E-state index contributed by atoms with van der Waals surface area (Å²) in [5.41, 5.74) is -3.00. The van der Waals surface area contributed by atoms with Crippen LogP contribution in [0.3, 0.4) is 0 Å². The topological polar surface area (TPSA) is 171 Å². The number of carbonyl (C=O) groups is 1. The van der Waals surface area contributed by atoms with Gasteiger partial charge in [0.2, 0.25) is 11.8 Å². The number of phenolic OH excluding ortho intramolecular Hbond substituents is 1. The second-order valence-corrected chi connectivity index (χ2v) is 6.15. The van der Waals surface area contributed by atoms with Crippen LogP contribution in [-0.2, 0) is 4.79 Å². The molecule has 0 aliphatic heterocycles. The molecule has 1 N–H and O–H groups in total. The molecule has 1 aromatic heterocycles. The molecule has 0 radical (unpaired) electrons. The Labute approximate surface area is 163 Å². The lowest BCUT2D eigenvalue weighted by molar-refractivity contribution is -0.710. The molecule has 12 nitrogen and oxygen atoms in total. The van der Waals surface area contributed by atoms with Gasteiger partial charge in [0.1, 0.15) is 0 Å². The number of pyridine rings is 1. The van der Waals surface area contributed by atoms with Gasteiger partial charge < -0.3 is 5.11 Å². The highest BCUT2D eigenvalue weighted by atomic mass is 16.6. The molecule has 0 saturated heterocycles. The maximum absolute atomic E-state index is 11.6. The number of aromatic nitrogens is 1. The molecule has 1 atom stereocenters. The van der Waals surface area contributed by atoms with Crippen molar-refractivity contribution in [1.29, 1.82) is 0 Å². The van der Waals surface area contributed by atoms with Crippen molar-refractivity contribution in [2.45, 2.75) is 31.7 Å². The highest BCUT2D eigenvalue weighted by molar-refractivity contribution is 5.81. The molecule has 1 unspecified atom stereocenters. The fourth-order valence-corrected chi connectivity index (χ4v) is 2.87. The molecule has 1 saturated carbocycles. The summed E-state index contributed by atoms with van der Waals surface area (Å²) < 4.78 is 2.03. The van der Waals surface area contributed by atoms with Crippen LogP contribution in [0.2, 0.25) is 0 Å². The zero-order chi connectivity index (χ0) is 21.6. The Morgan fingerprint density at radius 1 is 0.897 bits per heavy atom. The lowest BCUT2D eigenvalue weighted by Crippen LogP contribution is -2.44. The standard InChI is InChI=1S/C11H14NO.C6H3N3O7/c13-11-7-3-2-6-10(11)12-8-4-1-5-9-12;10-6-4(8(13)14)1-3(7(11)12)2-5(6)9(15)16/h1,4-5,8-10H,2-3,6-7H2;1-2,10H/q+1;. The van der Waals surface area contributed by atoms with Crippen LogP contribution < -0.4 is 4.57 Å². The predicted octanol–water partition coefficient (Wildman–Crippen LogP) is 2.78. The van der Waals surface area contributed by atoms with E-state index in [1.165, 1.54) is 6.42 Å². The van der Waals surface area contributed by atoms with E-state index in [9.17, 15) is 35.1 Å². The average molecular weight is 405 g/mol. The number of carbonyl (C=O) groups excluding carboxylic acids is 1. The van der Waals surface area contributed by atoms with Crippen molar-refractivity contribution in [3.8, 4) is 5.75 Å². The minimum Gasteiger partial charge on any atom is -0.497 e. The lowest BCUT2D eigenvalue weighted by Gasteiger charge is -2.15. The van der Waals surface area contributed by atoms with Gasteiger partial charge in [-0.05, 0) is 12.8 Å². The SMILES string of the molecule is O=C1CCCCC1[n+]1ccccc1.O=[N+]([O-])c1cc([N+](=O)[O-])c(O)c([N+](=O)[O-])c1. The number of rotatable bonds is 4. The molecule has 0 amide bonds. The summed E-state index contributed by atoms with van der Waals surface area (Å²) in [6.07, 6.45) is 7.98. The van der Waals surface area contributed by atoms with E-state index in [4.69, 9.17) is 5.11 Å². The van der Waals surface area contributed by atoms with Crippen molar-refractivity contribution >= 4 is 22.8 Å². The van der Waals surface area contributed by atoms with Crippen LogP contribution in [-0.4, -0.2) is 25.7 Å². The minimum atomic E-state index is -1.21. The lowest BCUT2D eigenvalue weighted by atomic mass is 9.94. The average Bonchev–Trinajstić information content (AvgIpc) is 2.69. The molecule has 0 bridgehead atoms. The van der Waals surface area contributed by atoms with Gasteiger partial charge in [-0.15, -0.1) is 0 Å². The first-order valence-electron chi connectivity index (χ1n) is 8.51. The summed E-state index contributed by atoms with van der Waals surface area (Å²) in [4.78, 5) is 39.3. The molecule has 2 aromatic rings. The highest BCUT2D eigenvalue weighted by Gasteiger charge is 2.30. The number of hydrogen-bond donors (Lipinski definition) is 1. The largest absolute Gasteiger partial charge is 0.497 e. The van der Waals surface area contributed by atoms with E-state index in [1.807, 2.05) is 35.2 Å². The summed E-state index contributed by atoms with van der Waals surface area (Å²) in [5, 5.41) is 40.2. The van der Waals surface area contributed by atoms with E-state index < -0.39 is 37.6 Å². The number of Topliss-reactive ketones (excluding diaryl/α,β-unsaturated/α-hetero) is 1. The summed E-state index contributed by atoms with van der Waals surface area (Å²) >= 11 is 0. The number of ketones is 1. The summed E-state index contributed by atoms with van der Waals surface area (Å²) in [6.45, 7) is 0. The first-order valence-corrected chi connectivity index (χ1v) is 8.51. The number of benzene rings is 1. The summed E-state index contributed by atoms with van der Waals surface area (Å²) in [6, 6.07) is 6.92. The molecule has 0 spiro atoms. The predicted molar refractivity (Wildman–Crippen MR) is 97.2 cm³/mol. The zero-order valence-corrected chi connectivity index (χ0v) is 15.0. The van der Waals surface area contributed by atoms with E-state index in [0.29, 0.717) is 17.9 Å². The second-order valence-electron chi connectivity index (χ2n) is 6.15. The van der Waals surface area contributed by atoms with Gasteiger partial charge in [0, 0.05) is 25.0 Å². The molecule has 1 aliphatic carbocycles.